The lowest BCUT2D eigenvalue weighted by Crippen LogP contribution is -2.55. The van der Waals surface area contributed by atoms with Crippen LogP contribution in [0.15, 0.2) is 6.07 Å². The van der Waals surface area contributed by atoms with Crippen LogP contribution < -0.4 is 10.2 Å². The highest BCUT2D eigenvalue weighted by atomic mass is 16.5. The summed E-state index contributed by atoms with van der Waals surface area (Å²) in [4.78, 5) is 7.43. The highest BCUT2D eigenvalue weighted by molar-refractivity contribution is 5.58. The molecule has 1 aromatic heterocycles. The van der Waals surface area contributed by atoms with E-state index in [-0.39, 0.29) is 6.10 Å². The van der Waals surface area contributed by atoms with Gasteiger partial charge in [0.05, 0.1) is 18.4 Å². The third-order valence-electron chi connectivity index (χ3n) is 4.45. The van der Waals surface area contributed by atoms with Crippen LogP contribution in [-0.4, -0.2) is 30.2 Å². The molecular weight excluding hydrogens is 226 g/mol. The number of piperazine rings is 1. The molecule has 1 aromatic rings. The van der Waals surface area contributed by atoms with Crippen LogP contribution in [0.1, 0.15) is 36.8 Å². The largest absolute Gasteiger partial charge is 0.367 e. The zero-order valence-corrected chi connectivity index (χ0v) is 10.9. The zero-order chi connectivity index (χ0) is 12.3. The van der Waals surface area contributed by atoms with E-state index in [4.69, 9.17) is 9.72 Å². The summed E-state index contributed by atoms with van der Waals surface area (Å²) in [7, 11) is 0. The number of nitrogens with one attached hydrogen (secondary N) is 1. The number of fused-ring (bicyclic) bond motifs is 4. The first-order chi connectivity index (χ1) is 8.74. The first-order valence-corrected chi connectivity index (χ1v) is 6.87. The molecular formula is C14H19N3O. The van der Waals surface area contributed by atoms with Crippen LogP contribution in [0.3, 0.4) is 0 Å². The fourth-order valence-electron chi connectivity index (χ4n) is 3.56. The Hall–Kier alpha value is -1.13. The molecule has 3 atom stereocenters. The zero-order valence-electron chi connectivity index (χ0n) is 10.9. The van der Waals surface area contributed by atoms with Crippen molar-refractivity contribution in [2.24, 2.45) is 0 Å². The van der Waals surface area contributed by atoms with Gasteiger partial charge in [-0.15, -0.1) is 0 Å². The summed E-state index contributed by atoms with van der Waals surface area (Å²) >= 11 is 0. The molecule has 0 aromatic carbocycles. The number of pyridine rings is 1. The van der Waals surface area contributed by atoms with E-state index < -0.39 is 0 Å². The lowest BCUT2D eigenvalue weighted by atomic mass is 10.1. The molecule has 18 heavy (non-hydrogen) atoms. The van der Waals surface area contributed by atoms with Gasteiger partial charge in [0.15, 0.2) is 0 Å². The molecule has 0 bridgehead atoms. The number of hydrogen-bond acceptors (Lipinski definition) is 4. The highest BCUT2D eigenvalue weighted by Gasteiger charge is 2.38. The molecule has 1 N–H and O–H groups in total. The Balaban J connectivity index is 1.81. The van der Waals surface area contributed by atoms with Gasteiger partial charge in [0.2, 0.25) is 0 Å². The van der Waals surface area contributed by atoms with Crippen LogP contribution in [-0.2, 0) is 17.8 Å². The first-order valence-electron chi connectivity index (χ1n) is 6.87. The van der Waals surface area contributed by atoms with Crippen molar-refractivity contribution in [3.05, 3.63) is 22.9 Å². The summed E-state index contributed by atoms with van der Waals surface area (Å²) in [6, 6.07) is 3.45. The molecule has 3 aliphatic heterocycles. The van der Waals surface area contributed by atoms with Gasteiger partial charge >= 0.3 is 0 Å². The van der Waals surface area contributed by atoms with Crippen LogP contribution in [0.25, 0.3) is 0 Å². The fraction of sp³-hybridized carbons (Fsp3) is 0.643. The van der Waals surface area contributed by atoms with Gasteiger partial charge in [0.25, 0.3) is 0 Å². The summed E-state index contributed by atoms with van der Waals surface area (Å²) in [6.45, 7) is 7.25. The van der Waals surface area contributed by atoms with Crippen molar-refractivity contribution >= 4 is 5.82 Å². The first kappa shape index (κ1) is 10.8. The molecule has 96 valence electrons. The summed E-state index contributed by atoms with van der Waals surface area (Å²) in [5.74, 6) is 1.21. The Labute approximate surface area is 107 Å². The van der Waals surface area contributed by atoms with Gasteiger partial charge in [0.1, 0.15) is 5.82 Å². The number of rotatable bonds is 0. The van der Waals surface area contributed by atoms with Crippen molar-refractivity contribution in [3.8, 4) is 0 Å². The Bertz CT molecular complexity index is 502. The molecule has 1 fully saturated rings. The second-order valence-electron chi connectivity index (χ2n) is 5.74. The van der Waals surface area contributed by atoms with Crippen LogP contribution in [0.2, 0.25) is 0 Å². The minimum absolute atomic E-state index is 0.155. The molecule has 4 heterocycles. The van der Waals surface area contributed by atoms with E-state index in [2.05, 4.69) is 30.1 Å². The number of ether oxygens (including phenoxy) is 1. The van der Waals surface area contributed by atoms with E-state index in [0.29, 0.717) is 12.1 Å². The van der Waals surface area contributed by atoms with Gasteiger partial charge in [-0.1, -0.05) is 0 Å². The number of aromatic nitrogens is 1. The molecule has 0 amide bonds. The van der Waals surface area contributed by atoms with Crippen LogP contribution in [0.4, 0.5) is 5.82 Å². The number of nitrogens with zero attached hydrogens (tertiary/aromatic N) is 2. The molecule has 0 spiro atoms. The van der Waals surface area contributed by atoms with Crippen molar-refractivity contribution in [2.75, 3.05) is 18.0 Å². The lowest BCUT2D eigenvalue weighted by Gasteiger charge is -2.37. The molecule has 3 aliphatic rings. The van der Waals surface area contributed by atoms with E-state index in [9.17, 15) is 0 Å². The highest BCUT2D eigenvalue weighted by Crippen LogP contribution is 2.38. The maximum absolute atomic E-state index is 5.67. The Morgan fingerprint density at radius 2 is 2.22 bits per heavy atom. The average Bonchev–Trinajstić information content (AvgIpc) is 2.89. The normalized spacial score (nSPS) is 33.2. The molecule has 4 rings (SSSR count). The van der Waals surface area contributed by atoms with Gasteiger partial charge in [-0.3, -0.25) is 0 Å². The quantitative estimate of drug-likeness (QED) is 0.749. The van der Waals surface area contributed by atoms with Crippen LogP contribution in [0, 0.1) is 0 Å². The van der Waals surface area contributed by atoms with E-state index in [0.717, 1.165) is 31.8 Å². The maximum atomic E-state index is 5.67. The van der Waals surface area contributed by atoms with Gasteiger partial charge < -0.3 is 15.0 Å². The summed E-state index contributed by atoms with van der Waals surface area (Å²) < 4.78 is 5.67. The average molecular weight is 245 g/mol. The molecule has 0 radical (unpaired) electrons. The van der Waals surface area contributed by atoms with Crippen molar-refractivity contribution in [1.82, 2.24) is 10.3 Å². The minimum atomic E-state index is 0.155. The molecule has 0 unspecified atom stereocenters. The molecule has 1 saturated heterocycles. The number of hydrogen-bond donors (Lipinski definition) is 1. The summed E-state index contributed by atoms with van der Waals surface area (Å²) in [5, 5.41) is 3.51. The van der Waals surface area contributed by atoms with Crippen LogP contribution >= 0.6 is 0 Å². The lowest BCUT2D eigenvalue weighted by molar-refractivity contribution is 0.0779. The monoisotopic (exact) mass is 245 g/mol. The van der Waals surface area contributed by atoms with E-state index in [1.165, 1.54) is 16.9 Å². The smallest absolute Gasteiger partial charge is 0.132 e. The minimum Gasteiger partial charge on any atom is -0.367 e. The Morgan fingerprint density at radius 3 is 3.11 bits per heavy atom. The second kappa shape index (κ2) is 3.68. The van der Waals surface area contributed by atoms with E-state index >= 15 is 0 Å². The Morgan fingerprint density at radius 1 is 1.33 bits per heavy atom. The molecule has 0 saturated carbocycles. The third kappa shape index (κ3) is 1.36. The van der Waals surface area contributed by atoms with Crippen molar-refractivity contribution in [2.45, 2.75) is 45.1 Å². The van der Waals surface area contributed by atoms with Gasteiger partial charge in [-0.25, -0.2) is 4.98 Å². The van der Waals surface area contributed by atoms with Gasteiger partial charge in [-0.2, -0.15) is 0 Å². The van der Waals surface area contributed by atoms with Crippen molar-refractivity contribution in [3.63, 3.8) is 0 Å². The predicted octanol–water partition coefficient (Wildman–Crippen LogP) is 1.40. The van der Waals surface area contributed by atoms with Crippen molar-refractivity contribution < 1.29 is 4.74 Å². The van der Waals surface area contributed by atoms with E-state index in [1.807, 2.05) is 0 Å². The standard InChI is InChI=1S/C14H19N3O/c1-8-5-15-6-12-4-10-3-11-7-18-9(2)13(11)16-14(10)17(8)12/h3,8-9,12,15H,4-7H2,1-2H3/t8-,9-,12-/m1/s1. The second-order valence-corrected chi connectivity index (χ2v) is 5.74. The molecule has 4 heteroatoms. The summed E-state index contributed by atoms with van der Waals surface area (Å²) in [5.41, 5.74) is 3.86. The predicted molar refractivity (Wildman–Crippen MR) is 69.7 cm³/mol. The van der Waals surface area contributed by atoms with Gasteiger partial charge in [-0.05, 0) is 31.9 Å². The molecule has 4 nitrogen and oxygen atoms in total. The SMILES string of the molecule is C[C@@H]1CNC[C@H]2Cc3cc4c(nc3N21)[C@@H](C)OC4. The Kier molecular flexibility index (Phi) is 2.20. The number of anilines is 1. The third-order valence-corrected chi connectivity index (χ3v) is 4.45. The topological polar surface area (TPSA) is 37.4 Å². The van der Waals surface area contributed by atoms with Crippen LogP contribution in [0.5, 0.6) is 0 Å². The van der Waals surface area contributed by atoms with Crippen molar-refractivity contribution in [1.29, 1.82) is 0 Å². The molecule has 0 aliphatic carbocycles. The van der Waals surface area contributed by atoms with Gasteiger partial charge in [0, 0.05) is 30.7 Å². The fourth-order valence-corrected chi connectivity index (χ4v) is 3.56. The van der Waals surface area contributed by atoms with E-state index in [1.54, 1.807) is 0 Å². The summed E-state index contributed by atoms with van der Waals surface area (Å²) in [6.07, 6.45) is 1.28. The maximum Gasteiger partial charge on any atom is 0.132 e.